The van der Waals surface area contributed by atoms with E-state index in [9.17, 15) is 4.79 Å². The first-order chi connectivity index (χ1) is 14.1. The number of benzene rings is 2. The molecule has 150 valence electrons. The number of aliphatic imine (C=N–C) groups is 1. The zero-order chi connectivity index (χ0) is 20.5. The van der Waals surface area contributed by atoms with Crippen molar-refractivity contribution in [3.63, 3.8) is 0 Å². The quantitative estimate of drug-likeness (QED) is 0.428. The van der Waals surface area contributed by atoms with Gasteiger partial charge in [0.2, 0.25) is 5.91 Å². The van der Waals surface area contributed by atoms with E-state index in [1.54, 1.807) is 30.2 Å². The lowest BCUT2D eigenvalue weighted by molar-refractivity contribution is -0.116. The van der Waals surface area contributed by atoms with Crippen LogP contribution < -0.4 is 16.0 Å². The molecule has 3 N–H and O–H groups in total. The summed E-state index contributed by atoms with van der Waals surface area (Å²) in [6.45, 7) is 3.58. The average Bonchev–Trinajstić information content (AvgIpc) is 3.22. The maximum atomic E-state index is 12.1. The molecule has 0 saturated carbocycles. The van der Waals surface area contributed by atoms with E-state index < -0.39 is 0 Å². The van der Waals surface area contributed by atoms with Gasteiger partial charge in [0.05, 0.1) is 0 Å². The average molecular weight is 390 g/mol. The van der Waals surface area contributed by atoms with Crippen molar-refractivity contribution in [1.82, 2.24) is 20.4 Å². The van der Waals surface area contributed by atoms with E-state index in [-0.39, 0.29) is 12.5 Å². The summed E-state index contributed by atoms with van der Waals surface area (Å²) >= 11 is 0. The molecule has 0 saturated heterocycles. The number of amides is 1. The SMILES string of the molecule is CN=C(NCc1cccc(NC(=O)Cn2cccn2)c1)NCc1ccccc1C. The Morgan fingerprint density at radius 2 is 1.90 bits per heavy atom. The lowest BCUT2D eigenvalue weighted by Crippen LogP contribution is -2.36. The van der Waals surface area contributed by atoms with Crippen molar-refractivity contribution in [3.05, 3.63) is 83.7 Å². The number of carbonyl (C=O) groups is 1. The van der Waals surface area contributed by atoms with E-state index in [2.05, 4.69) is 45.1 Å². The zero-order valence-corrected chi connectivity index (χ0v) is 16.7. The fourth-order valence-corrected chi connectivity index (χ4v) is 2.89. The Hall–Kier alpha value is -3.61. The Bertz CT molecular complexity index is 965. The molecule has 0 aliphatic rings. The van der Waals surface area contributed by atoms with Crippen molar-refractivity contribution >= 4 is 17.6 Å². The summed E-state index contributed by atoms with van der Waals surface area (Å²) in [5, 5.41) is 13.6. The molecule has 1 aromatic heterocycles. The number of hydrogen-bond donors (Lipinski definition) is 3. The lowest BCUT2D eigenvalue weighted by atomic mass is 10.1. The molecular formula is C22H26N6O. The van der Waals surface area contributed by atoms with Crippen LogP contribution in [0.2, 0.25) is 0 Å². The van der Waals surface area contributed by atoms with Crippen LogP contribution in [0, 0.1) is 6.92 Å². The topological polar surface area (TPSA) is 83.3 Å². The van der Waals surface area contributed by atoms with Gasteiger partial charge in [-0.15, -0.1) is 0 Å². The molecule has 2 aromatic carbocycles. The number of nitrogens with one attached hydrogen (secondary N) is 3. The normalized spacial score (nSPS) is 11.2. The Kier molecular flexibility index (Phi) is 7.00. The number of nitrogens with zero attached hydrogens (tertiary/aromatic N) is 3. The molecule has 7 nitrogen and oxygen atoms in total. The van der Waals surface area contributed by atoms with Gasteiger partial charge in [-0.05, 0) is 41.8 Å². The van der Waals surface area contributed by atoms with Crippen LogP contribution in [-0.2, 0) is 24.4 Å². The van der Waals surface area contributed by atoms with Gasteiger partial charge in [-0.3, -0.25) is 14.5 Å². The molecule has 0 spiro atoms. The van der Waals surface area contributed by atoms with Crippen molar-refractivity contribution in [2.75, 3.05) is 12.4 Å². The molecule has 0 unspecified atom stereocenters. The van der Waals surface area contributed by atoms with Crippen molar-refractivity contribution in [2.24, 2.45) is 4.99 Å². The summed E-state index contributed by atoms with van der Waals surface area (Å²) in [5.74, 6) is 0.607. The van der Waals surface area contributed by atoms with Gasteiger partial charge in [-0.2, -0.15) is 5.10 Å². The van der Waals surface area contributed by atoms with Crippen LogP contribution >= 0.6 is 0 Å². The van der Waals surface area contributed by atoms with Crippen LogP contribution in [0.1, 0.15) is 16.7 Å². The highest BCUT2D eigenvalue weighted by atomic mass is 16.2. The van der Waals surface area contributed by atoms with Crippen molar-refractivity contribution in [3.8, 4) is 0 Å². The number of carbonyl (C=O) groups excluding carboxylic acids is 1. The third kappa shape index (κ3) is 6.21. The summed E-state index contributed by atoms with van der Waals surface area (Å²) in [6.07, 6.45) is 3.41. The Labute approximate surface area is 170 Å². The predicted molar refractivity (Wildman–Crippen MR) is 116 cm³/mol. The monoisotopic (exact) mass is 390 g/mol. The van der Waals surface area contributed by atoms with Gasteiger partial charge in [0.1, 0.15) is 6.54 Å². The summed E-state index contributed by atoms with van der Waals surface area (Å²) < 4.78 is 1.59. The molecule has 0 atom stereocenters. The molecular weight excluding hydrogens is 364 g/mol. The number of aromatic nitrogens is 2. The summed E-state index contributed by atoms with van der Waals surface area (Å²) in [4.78, 5) is 16.4. The van der Waals surface area contributed by atoms with Crippen LogP contribution in [-0.4, -0.2) is 28.7 Å². The molecule has 3 aromatic rings. The van der Waals surface area contributed by atoms with Crippen LogP contribution in [0.15, 0.2) is 72.0 Å². The highest BCUT2D eigenvalue weighted by molar-refractivity contribution is 5.90. The summed E-state index contributed by atoms with van der Waals surface area (Å²) in [7, 11) is 1.75. The van der Waals surface area contributed by atoms with Crippen molar-refractivity contribution < 1.29 is 4.79 Å². The second kappa shape index (κ2) is 10.1. The fraction of sp³-hybridized carbons (Fsp3) is 0.227. The number of hydrogen-bond acceptors (Lipinski definition) is 3. The highest BCUT2D eigenvalue weighted by Gasteiger charge is 2.05. The Morgan fingerprint density at radius 3 is 2.66 bits per heavy atom. The molecule has 0 aliphatic heterocycles. The van der Waals surface area contributed by atoms with E-state index in [0.29, 0.717) is 13.1 Å². The third-order valence-electron chi connectivity index (χ3n) is 4.47. The van der Waals surface area contributed by atoms with Gasteiger partial charge < -0.3 is 16.0 Å². The van der Waals surface area contributed by atoms with E-state index in [1.165, 1.54) is 11.1 Å². The minimum Gasteiger partial charge on any atom is -0.352 e. The number of rotatable bonds is 7. The summed E-state index contributed by atoms with van der Waals surface area (Å²) in [5.41, 5.74) is 4.27. The Morgan fingerprint density at radius 1 is 1.07 bits per heavy atom. The number of aryl methyl sites for hydroxylation is 1. The maximum absolute atomic E-state index is 12.1. The second-order valence-electron chi connectivity index (χ2n) is 6.66. The smallest absolute Gasteiger partial charge is 0.246 e. The first kappa shape index (κ1) is 20.1. The molecule has 1 amide bonds. The van der Waals surface area contributed by atoms with Crippen molar-refractivity contribution in [1.29, 1.82) is 0 Å². The fourth-order valence-electron chi connectivity index (χ4n) is 2.89. The highest BCUT2D eigenvalue weighted by Crippen LogP contribution is 2.11. The number of guanidine groups is 1. The molecule has 0 radical (unpaired) electrons. The van der Waals surface area contributed by atoms with Crippen LogP contribution in [0.25, 0.3) is 0 Å². The zero-order valence-electron chi connectivity index (χ0n) is 16.7. The summed E-state index contributed by atoms with van der Waals surface area (Å²) in [6, 6.07) is 17.8. The predicted octanol–water partition coefficient (Wildman–Crippen LogP) is 2.70. The molecule has 0 fully saturated rings. The molecule has 0 aliphatic carbocycles. The van der Waals surface area contributed by atoms with Gasteiger partial charge in [-0.1, -0.05) is 36.4 Å². The van der Waals surface area contributed by atoms with E-state index in [4.69, 9.17) is 0 Å². The third-order valence-corrected chi connectivity index (χ3v) is 4.47. The molecule has 7 heteroatoms. The minimum absolute atomic E-state index is 0.116. The van der Waals surface area contributed by atoms with Crippen LogP contribution in [0.5, 0.6) is 0 Å². The standard InChI is InChI=1S/C22H26N6O/c1-17-7-3-4-9-19(17)15-25-22(23-2)24-14-18-8-5-10-20(13-18)27-21(29)16-28-12-6-11-26-28/h3-13H,14-16H2,1-2H3,(H,27,29)(H2,23,24,25). The van der Waals surface area contributed by atoms with Gasteiger partial charge in [-0.25, -0.2) is 0 Å². The van der Waals surface area contributed by atoms with Crippen LogP contribution in [0.3, 0.4) is 0 Å². The largest absolute Gasteiger partial charge is 0.352 e. The number of anilines is 1. The van der Waals surface area contributed by atoms with Gasteiger partial charge in [0.15, 0.2) is 5.96 Å². The first-order valence-corrected chi connectivity index (χ1v) is 9.49. The molecule has 3 rings (SSSR count). The van der Waals surface area contributed by atoms with Crippen LogP contribution in [0.4, 0.5) is 5.69 Å². The lowest BCUT2D eigenvalue weighted by Gasteiger charge is -2.14. The van der Waals surface area contributed by atoms with E-state index in [1.807, 2.05) is 36.4 Å². The maximum Gasteiger partial charge on any atom is 0.246 e. The molecule has 29 heavy (non-hydrogen) atoms. The van der Waals surface area contributed by atoms with Crippen molar-refractivity contribution in [2.45, 2.75) is 26.6 Å². The van der Waals surface area contributed by atoms with E-state index in [0.717, 1.165) is 17.2 Å². The molecule has 1 heterocycles. The van der Waals surface area contributed by atoms with Gasteiger partial charge >= 0.3 is 0 Å². The van der Waals surface area contributed by atoms with Gasteiger partial charge in [0.25, 0.3) is 0 Å². The Balaban J connectivity index is 1.51. The minimum atomic E-state index is -0.116. The molecule has 0 bridgehead atoms. The first-order valence-electron chi connectivity index (χ1n) is 9.49. The van der Waals surface area contributed by atoms with E-state index >= 15 is 0 Å². The van der Waals surface area contributed by atoms with Gasteiger partial charge in [0, 0.05) is 38.2 Å². The second-order valence-corrected chi connectivity index (χ2v) is 6.66.